The van der Waals surface area contributed by atoms with Gasteiger partial charge in [0.2, 0.25) is 0 Å². The van der Waals surface area contributed by atoms with E-state index in [1.807, 2.05) is 18.2 Å². The van der Waals surface area contributed by atoms with E-state index < -0.39 is 23.4 Å². The molecule has 0 atom stereocenters. The molecule has 4 amide bonds. The second-order valence-electron chi connectivity index (χ2n) is 6.67. The van der Waals surface area contributed by atoms with Crippen LogP contribution in [-0.2, 0) is 4.79 Å². The third kappa shape index (κ3) is 3.19. The predicted octanol–water partition coefficient (Wildman–Crippen LogP) is 3.36. The molecule has 9 heteroatoms. The zero-order valence-electron chi connectivity index (χ0n) is 14.3. The van der Waals surface area contributed by atoms with Gasteiger partial charge in [0.1, 0.15) is 16.2 Å². The number of nitrogens with zero attached hydrogens (tertiary/aromatic N) is 2. The molecule has 1 spiro atoms. The lowest BCUT2D eigenvalue weighted by Crippen LogP contribution is -2.51. The Labute approximate surface area is 164 Å². The molecule has 2 fully saturated rings. The summed E-state index contributed by atoms with van der Waals surface area (Å²) in [4.78, 5) is 41.8. The molecule has 1 aliphatic carbocycles. The molecule has 1 saturated heterocycles. The number of hydrogen-bond donors (Lipinski definition) is 2. The molecule has 2 heterocycles. The van der Waals surface area contributed by atoms with Gasteiger partial charge in [-0.15, -0.1) is 11.3 Å². The van der Waals surface area contributed by atoms with Crippen LogP contribution in [0.4, 0.5) is 4.79 Å². The zero-order valence-corrected chi connectivity index (χ0v) is 15.9. The van der Waals surface area contributed by atoms with Crippen molar-refractivity contribution in [2.24, 2.45) is 0 Å². The first-order chi connectivity index (χ1) is 13.0. The fourth-order valence-corrected chi connectivity index (χ4v) is 4.63. The van der Waals surface area contributed by atoms with Crippen molar-refractivity contribution in [1.82, 2.24) is 20.7 Å². The molecule has 1 aliphatic heterocycles. The summed E-state index contributed by atoms with van der Waals surface area (Å²) in [7, 11) is 0. The maximum absolute atomic E-state index is 12.7. The number of amides is 4. The fourth-order valence-electron chi connectivity index (χ4n) is 3.51. The van der Waals surface area contributed by atoms with E-state index in [-0.39, 0.29) is 5.69 Å². The van der Waals surface area contributed by atoms with Crippen molar-refractivity contribution >= 4 is 40.8 Å². The number of rotatable bonds is 3. The van der Waals surface area contributed by atoms with Crippen molar-refractivity contribution in [3.05, 3.63) is 40.4 Å². The molecule has 140 valence electrons. The summed E-state index contributed by atoms with van der Waals surface area (Å²) in [5.41, 5.74) is 2.35. The van der Waals surface area contributed by atoms with Crippen LogP contribution < -0.4 is 10.7 Å². The van der Waals surface area contributed by atoms with E-state index in [0.29, 0.717) is 22.9 Å². The molecular weight excluding hydrogens is 388 g/mol. The highest BCUT2D eigenvalue weighted by atomic mass is 35.5. The minimum atomic E-state index is -0.882. The third-order valence-electron chi connectivity index (χ3n) is 4.92. The maximum Gasteiger partial charge on any atom is 0.344 e. The quantitative estimate of drug-likeness (QED) is 0.767. The van der Waals surface area contributed by atoms with Crippen molar-refractivity contribution in [2.45, 2.75) is 37.6 Å². The van der Waals surface area contributed by atoms with Crippen LogP contribution in [0.25, 0.3) is 10.6 Å². The lowest BCUT2D eigenvalue weighted by atomic mass is 9.82. The van der Waals surface area contributed by atoms with Crippen LogP contribution in [0, 0.1) is 0 Å². The molecule has 4 rings (SSSR count). The molecule has 1 aromatic carbocycles. The van der Waals surface area contributed by atoms with E-state index in [1.165, 1.54) is 11.3 Å². The Balaban J connectivity index is 1.51. The highest BCUT2D eigenvalue weighted by Crippen LogP contribution is 2.33. The number of urea groups is 1. The molecule has 27 heavy (non-hydrogen) atoms. The average Bonchev–Trinajstić information content (AvgIpc) is 3.23. The third-order valence-corrected chi connectivity index (χ3v) is 6.13. The van der Waals surface area contributed by atoms with Gasteiger partial charge in [0, 0.05) is 10.9 Å². The molecule has 0 unspecified atom stereocenters. The number of imide groups is 1. The van der Waals surface area contributed by atoms with Gasteiger partial charge in [-0.2, -0.15) is 5.01 Å². The first-order valence-electron chi connectivity index (χ1n) is 8.68. The Bertz CT molecular complexity index is 923. The van der Waals surface area contributed by atoms with Crippen molar-refractivity contribution in [3.8, 4) is 10.6 Å². The number of aromatic nitrogens is 1. The number of halogens is 1. The van der Waals surface area contributed by atoms with E-state index in [1.54, 1.807) is 11.4 Å². The SMILES string of the molecule is O=C(NN1C(=O)NC2(CCCCC2)C1=O)c1csc(-c2ccccc2Cl)n1. The monoisotopic (exact) mass is 404 g/mol. The second kappa shape index (κ2) is 6.94. The van der Waals surface area contributed by atoms with Crippen LogP contribution in [0.5, 0.6) is 0 Å². The molecule has 0 bridgehead atoms. The van der Waals surface area contributed by atoms with E-state index in [0.717, 1.165) is 29.8 Å². The van der Waals surface area contributed by atoms with Crippen LogP contribution in [0.15, 0.2) is 29.6 Å². The van der Waals surface area contributed by atoms with Crippen LogP contribution in [0.3, 0.4) is 0 Å². The van der Waals surface area contributed by atoms with Crippen LogP contribution in [0.2, 0.25) is 5.02 Å². The Morgan fingerprint density at radius 1 is 1.22 bits per heavy atom. The number of hydrogen-bond acceptors (Lipinski definition) is 5. The van der Waals surface area contributed by atoms with Crippen molar-refractivity contribution in [2.75, 3.05) is 0 Å². The predicted molar refractivity (Wildman–Crippen MR) is 101 cm³/mol. The van der Waals surface area contributed by atoms with Crippen LogP contribution >= 0.6 is 22.9 Å². The second-order valence-corrected chi connectivity index (χ2v) is 7.94. The van der Waals surface area contributed by atoms with Crippen molar-refractivity contribution in [1.29, 1.82) is 0 Å². The number of thiazole rings is 1. The maximum atomic E-state index is 12.7. The molecule has 2 aliphatic rings. The van der Waals surface area contributed by atoms with Gasteiger partial charge in [-0.25, -0.2) is 9.78 Å². The number of hydrazine groups is 1. The lowest BCUT2D eigenvalue weighted by molar-refractivity contribution is -0.134. The van der Waals surface area contributed by atoms with Gasteiger partial charge in [-0.05, 0) is 18.9 Å². The molecule has 7 nitrogen and oxygen atoms in total. The smallest absolute Gasteiger partial charge is 0.322 e. The number of carbonyl (C=O) groups is 3. The Hall–Kier alpha value is -2.45. The largest absolute Gasteiger partial charge is 0.344 e. The molecule has 2 aromatic rings. The van der Waals surface area contributed by atoms with E-state index in [9.17, 15) is 14.4 Å². The number of benzene rings is 1. The summed E-state index contributed by atoms with van der Waals surface area (Å²) in [5.74, 6) is -1.01. The van der Waals surface area contributed by atoms with Gasteiger partial charge in [0.25, 0.3) is 11.8 Å². The van der Waals surface area contributed by atoms with Gasteiger partial charge in [-0.1, -0.05) is 49.1 Å². The molecule has 1 saturated carbocycles. The van der Waals surface area contributed by atoms with E-state index in [2.05, 4.69) is 15.7 Å². The van der Waals surface area contributed by atoms with E-state index in [4.69, 9.17) is 11.6 Å². The Kier molecular flexibility index (Phi) is 4.61. The lowest BCUT2D eigenvalue weighted by Gasteiger charge is -2.30. The molecule has 1 aromatic heterocycles. The average molecular weight is 405 g/mol. The van der Waals surface area contributed by atoms with Gasteiger partial charge >= 0.3 is 6.03 Å². The highest BCUT2D eigenvalue weighted by Gasteiger charge is 2.52. The molecule has 2 N–H and O–H groups in total. The van der Waals surface area contributed by atoms with Gasteiger partial charge in [0.05, 0.1) is 5.02 Å². The normalized spacial score (nSPS) is 18.6. The first-order valence-corrected chi connectivity index (χ1v) is 9.94. The standard InChI is InChI=1S/C18H17ClN4O3S/c19-12-7-3-2-6-11(12)15-20-13(10-27-15)14(24)22-23-16(25)18(21-17(23)26)8-4-1-5-9-18/h2-3,6-7,10H,1,4-5,8-9H2,(H,21,26)(H,22,24). The van der Waals surface area contributed by atoms with Gasteiger partial charge < -0.3 is 5.32 Å². The zero-order chi connectivity index (χ0) is 19.0. The first kappa shape index (κ1) is 17.9. The van der Waals surface area contributed by atoms with Gasteiger partial charge in [-0.3, -0.25) is 15.0 Å². The van der Waals surface area contributed by atoms with Crippen LogP contribution in [-0.4, -0.2) is 33.4 Å². The van der Waals surface area contributed by atoms with Gasteiger partial charge in [0.15, 0.2) is 0 Å². The summed E-state index contributed by atoms with van der Waals surface area (Å²) in [6.45, 7) is 0. The van der Waals surface area contributed by atoms with E-state index >= 15 is 0 Å². The Morgan fingerprint density at radius 2 is 1.96 bits per heavy atom. The van der Waals surface area contributed by atoms with Crippen molar-refractivity contribution in [3.63, 3.8) is 0 Å². The highest BCUT2D eigenvalue weighted by molar-refractivity contribution is 7.13. The number of nitrogens with one attached hydrogen (secondary N) is 2. The summed E-state index contributed by atoms with van der Waals surface area (Å²) < 4.78 is 0. The minimum Gasteiger partial charge on any atom is -0.322 e. The van der Waals surface area contributed by atoms with Crippen molar-refractivity contribution < 1.29 is 14.4 Å². The topological polar surface area (TPSA) is 91.4 Å². The Morgan fingerprint density at radius 3 is 2.70 bits per heavy atom. The summed E-state index contributed by atoms with van der Waals surface area (Å²) >= 11 is 7.43. The molecule has 0 radical (unpaired) electrons. The van der Waals surface area contributed by atoms with Crippen LogP contribution in [0.1, 0.15) is 42.6 Å². The summed E-state index contributed by atoms with van der Waals surface area (Å²) in [5, 5.41) is 6.23. The summed E-state index contributed by atoms with van der Waals surface area (Å²) in [6.07, 6.45) is 3.98. The molecular formula is C18H17ClN4O3S. The fraction of sp³-hybridized carbons (Fsp3) is 0.333. The number of carbonyl (C=O) groups excluding carboxylic acids is 3. The summed E-state index contributed by atoms with van der Waals surface area (Å²) in [6, 6.07) is 6.60. The minimum absolute atomic E-state index is 0.125.